The van der Waals surface area contributed by atoms with Crippen molar-refractivity contribution in [3.05, 3.63) is 27.7 Å². The Morgan fingerprint density at radius 1 is 1.33 bits per heavy atom. The number of hydrogen-bond donors (Lipinski definition) is 2. The van der Waals surface area contributed by atoms with Crippen LogP contribution in [0.5, 0.6) is 5.75 Å². The zero-order valence-electron chi connectivity index (χ0n) is 10.6. The van der Waals surface area contributed by atoms with Gasteiger partial charge in [-0.25, -0.2) is 0 Å². The molecule has 0 amide bonds. The molecule has 0 radical (unpaired) electrons. The number of aliphatic imine (C=N–C) groups is 1. The molecule has 0 saturated carbocycles. The first-order chi connectivity index (χ1) is 8.25. The van der Waals surface area contributed by atoms with Gasteiger partial charge in [0.1, 0.15) is 5.75 Å². The lowest BCUT2D eigenvalue weighted by Gasteiger charge is -2.25. The third-order valence-corrected chi connectivity index (χ3v) is 3.13. The summed E-state index contributed by atoms with van der Waals surface area (Å²) in [6, 6.07) is 2.78. The smallest absolute Gasteiger partial charge is 0.143 e. The zero-order valence-corrected chi connectivity index (χ0v) is 12.1. The molecular weight excluding hydrogens is 273 g/mol. The predicted molar refractivity (Wildman–Crippen MR) is 76.0 cm³/mol. The normalized spacial score (nSPS) is 14.1. The maximum Gasteiger partial charge on any atom is 0.143 e. The van der Waals surface area contributed by atoms with Crippen LogP contribution in [0.15, 0.2) is 17.1 Å². The number of phenolic OH excluding ortho intramolecular Hbond substituents is 1. The lowest BCUT2D eigenvalue weighted by molar-refractivity contribution is 0.191. The van der Waals surface area contributed by atoms with Crippen LogP contribution in [0, 0.1) is 5.41 Å². The summed E-state index contributed by atoms with van der Waals surface area (Å²) in [5.74, 6) is -0.0598. The minimum Gasteiger partial charge on any atom is -0.506 e. The van der Waals surface area contributed by atoms with Crippen LogP contribution in [0.4, 0.5) is 0 Å². The van der Waals surface area contributed by atoms with Crippen LogP contribution in [-0.2, 0) is 0 Å². The third-order valence-electron chi connectivity index (χ3n) is 2.62. The predicted octanol–water partition coefficient (Wildman–Crippen LogP) is 3.52. The fraction of sp³-hybridized carbons (Fsp3) is 0.462. The Bertz CT molecular complexity index is 453. The molecule has 0 bridgehead atoms. The van der Waals surface area contributed by atoms with E-state index in [1.807, 2.05) is 20.8 Å². The second-order valence-corrected chi connectivity index (χ2v) is 6.01. The Morgan fingerprint density at radius 3 is 2.44 bits per heavy atom. The average molecular weight is 290 g/mol. The van der Waals surface area contributed by atoms with Crippen LogP contribution < -0.4 is 0 Å². The van der Waals surface area contributed by atoms with Crippen molar-refractivity contribution in [2.45, 2.75) is 26.8 Å². The molecule has 0 aromatic heterocycles. The van der Waals surface area contributed by atoms with Crippen molar-refractivity contribution >= 4 is 29.4 Å². The fourth-order valence-corrected chi connectivity index (χ4v) is 1.91. The quantitative estimate of drug-likeness (QED) is 0.837. The van der Waals surface area contributed by atoms with Gasteiger partial charge in [-0.15, -0.1) is 0 Å². The number of halogens is 2. The summed E-state index contributed by atoms with van der Waals surface area (Å²) in [6.45, 7) is 5.89. The molecule has 0 unspecified atom stereocenters. The Hall–Kier alpha value is -0.770. The molecular formula is C13H17Cl2NO2. The Morgan fingerprint density at radius 2 is 1.94 bits per heavy atom. The highest BCUT2D eigenvalue weighted by molar-refractivity contribution is 6.36. The molecule has 0 spiro atoms. The molecule has 5 heteroatoms. The van der Waals surface area contributed by atoms with Crippen molar-refractivity contribution < 1.29 is 10.2 Å². The minimum absolute atomic E-state index is 0.0598. The number of hydrogen-bond acceptors (Lipinski definition) is 3. The molecule has 3 nitrogen and oxygen atoms in total. The van der Waals surface area contributed by atoms with Crippen LogP contribution in [-0.4, -0.2) is 29.1 Å². The first kappa shape index (κ1) is 15.3. The number of aliphatic hydroxyl groups excluding tert-OH is 1. The van der Waals surface area contributed by atoms with E-state index < -0.39 is 0 Å². The molecule has 1 aromatic carbocycles. The minimum atomic E-state index is -0.255. The SMILES string of the molecule is CC(C)(C)[C@@H](CO)N=Cc1cc(Cl)cc(Cl)c1O. The van der Waals surface area contributed by atoms with Gasteiger partial charge in [-0.1, -0.05) is 44.0 Å². The van der Waals surface area contributed by atoms with Gasteiger partial charge in [0, 0.05) is 16.8 Å². The Balaban J connectivity index is 3.04. The van der Waals surface area contributed by atoms with Gasteiger partial charge >= 0.3 is 0 Å². The maximum absolute atomic E-state index is 9.77. The number of phenols is 1. The van der Waals surface area contributed by atoms with Gasteiger partial charge < -0.3 is 10.2 Å². The van der Waals surface area contributed by atoms with Gasteiger partial charge in [0.25, 0.3) is 0 Å². The van der Waals surface area contributed by atoms with Crippen molar-refractivity contribution in [3.63, 3.8) is 0 Å². The molecule has 0 fully saturated rings. The molecule has 0 saturated heterocycles. The van der Waals surface area contributed by atoms with Crippen LogP contribution in [0.3, 0.4) is 0 Å². The highest BCUT2D eigenvalue weighted by Crippen LogP contribution is 2.30. The summed E-state index contributed by atoms with van der Waals surface area (Å²) >= 11 is 11.7. The number of rotatable bonds is 3. The van der Waals surface area contributed by atoms with E-state index in [0.29, 0.717) is 10.6 Å². The van der Waals surface area contributed by atoms with Crippen LogP contribution in [0.1, 0.15) is 26.3 Å². The van der Waals surface area contributed by atoms with E-state index in [1.165, 1.54) is 12.3 Å². The summed E-state index contributed by atoms with van der Waals surface area (Å²) in [5.41, 5.74) is 0.277. The summed E-state index contributed by atoms with van der Waals surface area (Å²) < 4.78 is 0. The van der Waals surface area contributed by atoms with Crippen molar-refractivity contribution in [2.24, 2.45) is 10.4 Å². The molecule has 0 heterocycles. The number of aromatic hydroxyl groups is 1. The van der Waals surface area contributed by atoms with Gasteiger partial charge in [-0.05, 0) is 17.5 Å². The summed E-state index contributed by atoms with van der Waals surface area (Å²) in [7, 11) is 0. The van der Waals surface area contributed by atoms with E-state index in [9.17, 15) is 10.2 Å². The lowest BCUT2D eigenvalue weighted by Crippen LogP contribution is -2.28. The van der Waals surface area contributed by atoms with E-state index in [0.717, 1.165) is 0 Å². The van der Waals surface area contributed by atoms with Crippen molar-refractivity contribution in [2.75, 3.05) is 6.61 Å². The Labute approximate surface area is 117 Å². The van der Waals surface area contributed by atoms with Gasteiger partial charge in [0.2, 0.25) is 0 Å². The molecule has 0 aliphatic rings. The van der Waals surface area contributed by atoms with E-state index in [2.05, 4.69) is 4.99 Å². The molecule has 18 heavy (non-hydrogen) atoms. The molecule has 1 rings (SSSR count). The number of aliphatic hydroxyl groups is 1. The van der Waals surface area contributed by atoms with E-state index in [1.54, 1.807) is 6.07 Å². The Kier molecular flexibility index (Phi) is 5.02. The third kappa shape index (κ3) is 3.87. The van der Waals surface area contributed by atoms with Crippen molar-refractivity contribution in [1.29, 1.82) is 0 Å². The second-order valence-electron chi connectivity index (χ2n) is 5.17. The topological polar surface area (TPSA) is 52.8 Å². The van der Waals surface area contributed by atoms with Gasteiger partial charge in [0.15, 0.2) is 0 Å². The summed E-state index contributed by atoms with van der Waals surface area (Å²) in [6.07, 6.45) is 1.49. The zero-order chi connectivity index (χ0) is 13.9. The monoisotopic (exact) mass is 289 g/mol. The second kappa shape index (κ2) is 5.91. The largest absolute Gasteiger partial charge is 0.506 e. The molecule has 1 aromatic rings. The van der Waals surface area contributed by atoms with Crippen LogP contribution in [0.25, 0.3) is 0 Å². The molecule has 1 atom stereocenters. The summed E-state index contributed by atoms with van der Waals surface area (Å²) in [4.78, 5) is 4.27. The molecule has 2 N–H and O–H groups in total. The number of benzene rings is 1. The first-order valence-electron chi connectivity index (χ1n) is 5.57. The maximum atomic E-state index is 9.77. The van der Waals surface area contributed by atoms with Crippen molar-refractivity contribution in [1.82, 2.24) is 0 Å². The lowest BCUT2D eigenvalue weighted by atomic mass is 9.88. The van der Waals surface area contributed by atoms with Crippen LogP contribution >= 0.6 is 23.2 Å². The van der Waals surface area contributed by atoms with Crippen LogP contribution in [0.2, 0.25) is 10.0 Å². The van der Waals surface area contributed by atoms with Gasteiger partial charge in [-0.2, -0.15) is 0 Å². The molecule has 0 aliphatic heterocycles. The molecule has 0 aliphatic carbocycles. The van der Waals surface area contributed by atoms with E-state index in [-0.39, 0.29) is 28.8 Å². The van der Waals surface area contributed by atoms with E-state index >= 15 is 0 Å². The van der Waals surface area contributed by atoms with E-state index in [4.69, 9.17) is 23.2 Å². The standard InChI is InChI=1S/C13H17Cl2NO2/c1-13(2,3)11(7-17)16-6-8-4-9(14)5-10(15)12(8)18/h4-6,11,17-18H,7H2,1-3H3/t11-/m1/s1. The molecule has 100 valence electrons. The van der Waals surface area contributed by atoms with Gasteiger partial charge in [-0.3, -0.25) is 4.99 Å². The van der Waals surface area contributed by atoms with Gasteiger partial charge in [0.05, 0.1) is 17.7 Å². The number of nitrogens with zero attached hydrogens (tertiary/aromatic N) is 1. The fourth-order valence-electron chi connectivity index (χ4n) is 1.40. The summed E-state index contributed by atoms with van der Waals surface area (Å²) in [5, 5.41) is 19.7. The highest BCUT2D eigenvalue weighted by atomic mass is 35.5. The highest BCUT2D eigenvalue weighted by Gasteiger charge is 2.22. The van der Waals surface area contributed by atoms with Crippen molar-refractivity contribution in [3.8, 4) is 5.75 Å². The average Bonchev–Trinajstić information content (AvgIpc) is 2.23. The first-order valence-corrected chi connectivity index (χ1v) is 6.33.